The van der Waals surface area contributed by atoms with Crippen molar-refractivity contribution in [2.24, 2.45) is 0 Å². The molecule has 0 fully saturated rings. The average molecular weight is 997 g/mol. The van der Waals surface area contributed by atoms with Crippen LogP contribution in [0.25, 0.3) is 72.3 Å². The number of para-hydroxylation sites is 2. The first kappa shape index (κ1) is 29.7. The Morgan fingerprint density at radius 1 is 0.726 bits per heavy atom. The fraction of sp³-hybridized carbons (Fsp3) is 0.143. The summed E-state index contributed by atoms with van der Waals surface area (Å²) in [4.78, 5) is 4.78. The summed E-state index contributed by atoms with van der Waals surface area (Å²) in [6.45, 7) is 12.1. The van der Waals surface area contributed by atoms with Gasteiger partial charge in [-0.25, -0.2) is 4.98 Å². The molecule has 0 N–H and O–H groups in total. The van der Waals surface area contributed by atoms with E-state index >= 15 is 0 Å². The monoisotopic (exact) mass is 996 g/mol. The second-order valence-electron chi connectivity index (χ2n) is 16.2. The molecule has 0 atom stereocenters. The van der Waals surface area contributed by atoms with Crippen LogP contribution >= 0.6 is 0 Å². The van der Waals surface area contributed by atoms with Crippen LogP contribution in [0.1, 0.15) is 72.3 Å². The van der Waals surface area contributed by atoms with Crippen LogP contribution in [0.4, 0.5) is 0 Å². The Morgan fingerprint density at radius 3 is 2.10 bits per heavy atom. The first-order valence-corrected chi connectivity index (χ1v) is 20.0. The van der Waals surface area contributed by atoms with Crippen LogP contribution in [0.15, 0.2) is 164 Å². The van der Waals surface area contributed by atoms with E-state index in [1.807, 2.05) is 73.9 Å². The molecule has 0 bridgehead atoms. The molecule has 0 aliphatic rings. The van der Waals surface area contributed by atoms with E-state index < -0.39 is 66.3 Å². The molecule has 5 nitrogen and oxygen atoms in total. The number of aryl methyl sites for hydroxylation is 1. The molecular weight excluding hydrogens is 940 g/mol. The second kappa shape index (κ2) is 16.4. The largest absolute Gasteiger partial charge is 0.510 e. The molecule has 10 rings (SSSR count). The normalized spacial score (nSPS) is 14.4. The Hall–Kier alpha value is -6.55. The number of benzene rings is 7. The van der Waals surface area contributed by atoms with Gasteiger partial charge in [0.1, 0.15) is 5.82 Å². The van der Waals surface area contributed by atoms with E-state index in [9.17, 15) is 0 Å². The average Bonchev–Trinajstić information content (AvgIpc) is 3.90. The van der Waals surface area contributed by atoms with Gasteiger partial charge in [0, 0.05) is 45.6 Å². The first-order valence-electron chi connectivity index (χ1n) is 25.5. The molecule has 0 saturated heterocycles. The topological polar surface area (TPSA) is 35.9 Å². The van der Waals surface area contributed by atoms with Gasteiger partial charge in [0.2, 0.25) is 0 Å². The minimum atomic E-state index is -0.866. The van der Waals surface area contributed by atoms with Crippen molar-refractivity contribution in [3.05, 3.63) is 199 Å². The molecular formula is C56H46N4OPt-2. The molecule has 0 aliphatic heterocycles. The molecule has 0 saturated carbocycles. The van der Waals surface area contributed by atoms with Crippen LogP contribution in [0.3, 0.4) is 0 Å². The van der Waals surface area contributed by atoms with E-state index in [2.05, 4.69) is 57.4 Å². The fourth-order valence-electron chi connectivity index (χ4n) is 7.91. The zero-order chi connectivity index (χ0) is 51.5. The van der Waals surface area contributed by atoms with Gasteiger partial charge in [-0.2, -0.15) is 18.2 Å². The maximum absolute atomic E-state index is 9.05. The SMILES string of the molecule is [2H]c1c([2H])c([2H])c(-c2cccc(-c3c([2H])c([2H])c([2H])c([2H])c3[2H])c2-[n+]2[c-]n(-c3[c-]c(Oc4[c-]c5c(cc4)c4cc(C(C)(C)C)ccc4n5-c4cc(C([2H])(C)C)ccn4)ccc3)c3cccc(C)c32)c([2H])c1[2H].[Pt]. The van der Waals surface area contributed by atoms with Crippen molar-refractivity contribution in [3.63, 3.8) is 0 Å². The molecule has 0 unspecified atom stereocenters. The minimum Gasteiger partial charge on any atom is -0.510 e. The number of nitrogens with zero attached hydrogens (tertiary/aromatic N) is 4. The molecule has 3 aromatic heterocycles. The van der Waals surface area contributed by atoms with Crippen molar-refractivity contribution in [3.8, 4) is 50.9 Å². The summed E-state index contributed by atoms with van der Waals surface area (Å²) in [6.07, 6.45) is 5.16. The summed E-state index contributed by atoms with van der Waals surface area (Å²) in [5.41, 5.74) is 6.10. The zero-order valence-corrected chi connectivity index (χ0v) is 37.1. The first-order chi connectivity index (χ1) is 34.1. The van der Waals surface area contributed by atoms with Gasteiger partial charge in [0.05, 0.1) is 30.4 Å². The van der Waals surface area contributed by atoms with Crippen LogP contribution in [0.2, 0.25) is 0 Å². The Labute approximate surface area is 393 Å². The van der Waals surface area contributed by atoms with E-state index in [1.54, 1.807) is 45.7 Å². The molecule has 308 valence electrons. The third-order valence-electron chi connectivity index (χ3n) is 11.0. The van der Waals surface area contributed by atoms with Gasteiger partial charge in [-0.05, 0) is 86.4 Å². The van der Waals surface area contributed by atoms with Gasteiger partial charge < -0.3 is 13.9 Å². The number of aromatic nitrogens is 4. The van der Waals surface area contributed by atoms with E-state index in [0.29, 0.717) is 34.0 Å². The van der Waals surface area contributed by atoms with Crippen LogP contribution < -0.4 is 9.30 Å². The van der Waals surface area contributed by atoms with Gasteiger partial charge in [0.25, 0.3) is 6.33 Å². The summed E-state index contributed by atoms with van der Waals surface area (Å²) in [6, 6.07) is 31.5. The van der Waals surface area contributed by atoms with Gasteiger partial charge in [-0.3, -0.25) is 4.57 Å². The molecule has 7 aromatic carbocycles. The van der Waals surface area contributed by atoms with Gasteiger partial charge in [-0.1, -0.05) is 149 Å². The van der Waals surface area contributed by atoms with Gasteiger partial charge >= 0.3 is 0 Å². The molecule has 10 aromatic rings. The third-order valence-corrected chi connectivity index (χ3v) is 11.0. The molecule has 0 radical (unpaired) electrons. The Morgan fingerprint density at radius 2 is 1.40 bits per heavy atom. The number of hydrogen-bond donors (Lipinski definition) is 0. The molecule has 0 aliphatic carbocycles. The maximum Gasteiger partial charge on any atom is 0.268 e. The van der Waals surface area contributed by atoms with Crippen LogP contribution in [-0.4, -0.2) is 14.1 Å². The van der Waals surface area contributed by atoms with Crippen LogP contribution in [0, 0.1) is 25.4 Å². The molecule has 62 heavy (non-hydrogen) atoms. The van der Waals surface area contributed by atoms with Crippen LogP contribution in [-0.2, 0) is 26.5 Å². The number of fused-ring (bicyclic) bond motifs is 4. The molecule has 3 heterocycles. The Kier molecular flexibility index (Phi) is 7.84. The van der Waals surface area contributed by atoms with Gasteiger partial charge in [0.15, 0.2) is 0 Å². The number of pyridine rings is 1. The van der Waals surface area contributed by atoms with E-state index in [-0.39, 0.29) is 54.4 Å². The maximum atomic E-state index is 9.05. The van der Waals surface area contributed by atoms with Crippen molar-refractivity contribution in [1.29, 1.82) is 0 Å². The summed E-state index contributed by atoms with van der Waals surface area (Å²) in [5.74, 6) is 0.511. The molecule has 0 amide bonds. The predicted molar refractivity (Wildman–Crippen MR) is 248 cm³/mol. The van der Waals surface area contributed by atoms with E-state index in [0.717, 1.165) is 32.9 Å². The predicted octanol–water partition coefficient (Wildman–Crippen LogP) is 13.7. The summed E-state index contributed by atoms with van der Waals surface area (Å²) in [7, 11) is 0. The number of ether oxygens (including phenoxy) is 1. The number of rotatable bonds is 8. The van der Waals surface area contributed by atoms with Crippen molar-refractivity contribution in [2.75, 3.05) is 0 Å². The van der Waals surface area contributed by atoms with E-state index in [4.69, 9.17) is 24.8 Å². The fourth-order valence-corrected chi connectivity index (χ4v) is 7.91. The quantitative estimate of drug-likeness (QED) is 0.112. The number of hydrogen-bond acceptors (Lipinski definition) is 2. The Bertz CT molecular complexity index is 3760. The summed E-state index contributed by atoms with van der Waals surface area (Å²) in [5, 5.41) is 1.96. The number of imidazole rings is 1. The van der Waals surface area contributed by atoms with Crippen LogP contribution in [0.5, 0.6) is 11.5 Å². The smallest absolute Gasteiger partial charge is 0.268 e. The van der Waals surface area contributed by atoms with Crippen molar-refractivity contribution < 1.29 is 45.4 Å². The molecule has 0 spiro atoms. The summed E-state index contributed by atoms with van der Waals surface area (Å²) < 4.78 is 108. The van der Waals surface area contributed by atoms with Gasteiger partial charge in [-0.15, -0.1) is 29.7 Å². The summed E-state index contributed by atoms with van der Waals surface area (Å²) >= 11 is 0. The Balaban J connectivity index is 0.00000656. The van der Waals surface area contributed by atoms with Crippen molar-refractivity contribution >= 4 is 32.8 Å². The third kappa shape index (κ3) is 7.35. The minimum absolute atomic E-state index is 0. The second-order valence-corrected chi connectivity index (χ2v) is 16.2. The van der Waals surface area contributed by atoms with E-state index in [1.165, 1.54) is 5.56 Å². The van der Waals surface area contributed by atoms with Crippen molar-refractivity contribution in [2.45, 2.75) is 52.9 Å². The standard InChI is InChI=1S/C56H46N4O.Pt/c1-37(2)41-30-31-57-53(32-41)60-50-29-26-42(56(4,5)6)33-49(50)48-28-27-45(35-52(48)60)61-44-22-14-21-43(34-44)58-36-59(54-38(3)16-13-25-51(54)58)55-46(39-17-9-7-10-18-39)23-15-24-47(55)40-19-11-8-12-20-40;/h7-33,37H,1-6H3;/q-2;/i7D,8D,9D,10D,11D,12D,17D,18D,19D,20D,37D;. The van der Waals surface area contributed by atoms with Crippen molar-refractivity contribution in [1.82, 2.24) is 14.1 Å². The molecule has 6 heteroatoms. The zero-order valence-electron chi connectivity index (χ0n) is 45.8.